The summed E-state index contributed by atoms with van der Waals surface area (Å²) in [5.41, 5.74) is 4.10. The van der Waals surface area contributed by atoms with Crippen LogP contribution in [0.25, 0.3) is 0 Å². The van der Waals surface area contributed by atoms with Gasteiger partial charge in [-0.2, -0.15) is 0 Å². The number of ether oxygens (including phenoxy) is 1. The van der Waals surface area contributed by atoms with Gasteiger partial charge < -0.3 is 10.5 Å². The quantitative estimate of drug-likeness (QED) is 0.815. The van der Waals surface area contributed by atoms with Gasteiger partial charge in [-0.25, -0.2) is 13.8 Å². The number of methoxy groups -OCH3 is 1. The van der Waals surface area contributed by atoms with Crippen molar-refractivity contribution in [1.82, 2.24) is 4.98 Å². The average Bonchev–Trinajstić information content (AvgIpc) is 2.15. The monoisotopic (exact) mass is 236 g/mol. The maximum Gasteiger partial charge on any atom is 0.274 e. The van der Waals surface area contributed by atoms with Crippen molar-refractivity contribution in [3.05, 3.63) is 17.5 Å². The second kappa shape index (κ2) is 4.39. The molecule has 0 radical (unpaired) electrons. The molecule has 0 aliphatic carbocycles. The molecule has 1 rings (SSSR count). The number of alkyl halides is 2. The summed E-state index contributed by atoms with van der Waals surface area (Å²) in [6, 6.07) is 0. The van der Waals surface area contributed by atoms with E-state index in [1.807, 2.05) is 0 Å². The van der Waals surface area contributed by atoms with Crippen LogP contribution in [0, 0.1) is 0 Å². The molecule has 2 N–H and O–H groups in total. The van der Waals surface area contributed by atoms with Crippen molar-refractivity contribution in [1.29, 1.82) is 0 Å². The lowest BCUT2D eigenvalue weighted by Crippen LogP contribution is -2.06. The Morgan fingerprint density at radius 2 is 2.27 bits per heavy atom. The summed E-state index contributed by atoms with van der Waals surface area (Å²) in [5, 5.41) is -0.978. The Hall–Kier alpha value is -1.43. The molecular formula is C8H7ClF2N2O2. The van der Waals surface area contributed by atoms with Crippen LogP contribution in [0.5, 0.6) is 5.75 Å². The van der Waals surface area contributed by atoms with Crippen LogP contribution in [-0.2, 0) is 0 Å². The standard InChI is InChI=1S/C8H7ClF2N2O2/c1-15-6-4(8(10)11)3(12)2-13-5(6)7(9)14/h2,8H,12H2,1H3. The van der Waals surface area contributed by atoms with E-state index in [1.165, 1.54) is 0 Å². The zero-order valence-corrected chi connectivity index (χ0v) is 8.39. The van der Waals surface area contributed by atoms with Crippen LogP contribution in [0.4, 0.5) is 14.5 Å². The molecule has 0 aliphatic rings. The van der Waals surface area contributed by atoms with E-state index in [0.717, 1.165) is 13.3 Å². The first kappa shape index (κ1) is 11.6. The maximum absolute atomic E-state index is 12.6. The van der Waals surface area contributed by atoms with E-state index in [1.54, 1.807) is 0 Å². The molecule has 7 heteroatoms. The van der Waals surface area contributed by atoms with Crippen LogP contribution < -0.4 is 10.5 Å². The molecule has 0 fully saturated rings. The van der Waals surface area contributed by atoms with Gasteiger partial charge in [0.05, 0.1) is 24.6 Å². The summed E-state index contributed by atoms with van der Waals surface area (Å²) in [7, 11) is 1.13. The van der Waals surface area contributed by atoms with Gasteiger partial charge in [-0.05, 0) is 11.6 Å². The Balaban J connectivity index is 3.47. The lowest BCUT2D eigenvalue weighted by Gasteiger charge is -2.11. The number of nitrogen functional groups attached to an aromatic ring is 1. The molecule has 15 heavy (non-hydrogen) atoms. The topological polar surface area (TPSA) is 65.2 Å². The van der Waals surface area contributed by atoms with E-state index in [-0.39, 0.29) is 17.1 Å². The molecule has 1 aromatic rings. The van der Waals surface area contributed by atoms with Crippen molar-refractivity contribution in [2.75, 3.05) is 12.8 Å². The number of hydrogen-bond donors (Lipinski definition) is 1. The summed E-state index contributed by atoms with van der Waals surface area (Å²) in [6.45, 7) is 0. The van der Waals surface area contributed by atoms with Crippen LogP contribution in [0.3, 0.4) is 0 Å². The highest BCUT2D eigenvalue weighted by Gasteiger charge is 2.24. The van der Waals surface area contributed by atoms with Gasteiger partial charge in [-0.1, -0.05) is 0 Å². The van der Waals surface area contributed by atoms with Gasteiger partial charge in [0.25, 0.3) is 11.7 Å². The first-order chi connectivity index (χ1) is 6.99. The van der Waals surface area contributed by atoms with Crippen molar-refractivity contribution in [3.8, 4) is 5.75 Å². The average molecular weight is 237 g/mol. The van der Waals surface area contributed by atoms with Crippen molar-refractivity contribution in [2.24, 2.45) is 0 Å². The van der Waals surface area contributed by atoms with Crippen molar-refractivity contribution in [3.63, 3.8) is 0 Å². The molecular weight excluding hydrogens is 230 g/mol. The van der Waals surface area contributed by atoms with E-state index in [0.29, 0.717) is 0 Å². The van der Waals surface area contributed by atoms with Crippen molar-refractivity contribution >= 4 is 22.5 Å². The van der Waals surface area contributed by atoms with Crippen LogP contribution in [-0.4, -0.2) is 17.3 Å². The molecule has 0 atom stereocenters. The van der Waals surface area contributed by atoms with Gasteiger partial charge in [0, 0.05) is 0 Å². The third-order valence-corrected chi connectivity index (χ3v) is 1.89. The summed E-state index contributed by atoms with van der Waals surface area (Å²) in [6.07, 6.45) is -1.92. The number of carbonyl (C=O) groups is 1. The number of halogens is 3. The summed E-state index contributed by atoms with van der Waals surface area (Å²) < 4.78 is 29.8. The van der Waals surface area contributed by atoms with Crippen LogP contribution in [0.1, 0.15) is 22.5 Å². The molecule has 0 amide bonds. The van der Waals surface area contributed by atoms with Crippen LogP contribution in [0.15, 0.2) is 6.20 Å². The lowest BCUT2D eigenvalue weighted by atomic mass is 10.2. The lowest BCUT2D eigenvalue weighted by molar-refractivity contribution is 0.107. The minimum atomic E-state index is -2.86. The normalized spacial score (nSPS) is 10.5. The zero-order chi connectivity index (χ0) is 11.6. The second-order valence-corrected chi connectivity index (χ2v) is 2.93. The summed E-state index contributed by atoms with van der Waals surface area (Å²) in [5.74, 6) is -0.384. The number of hydrogen-bond acceptors (Lipinski definition) is 4. The number of anilines is 1. The third kappa shape index (κ3) is 2.15. The van der Waals surface area contributed by atoms with Gasteiger partial charge in [-0.15, -0.1) is 0 Å². The van der Waals surface area contributed by atoms with Crippen LogP contribution in [0.2, 0.25) is 0 Å². The molecule has 1 aromatic heterocycles. The highest BCUT2D eigenvalue weighted by atomic mass is 35.5. The number of aromatic nitrogens is 1. The highest BCUT2D eigenvalue weighted by Crippen LogP contribution is 2.35. The molecule has 0 bridgehead atoms. The summed E-state index contributed by atoms with van der Waals surface area (Å²) in [4.78, 5) is 14.4. The van der Waals surface area contributed by atoms with Crippen LogP contribution >= 0.6 is 11.6 Å². The maximum atomic E-state index is 12.6. The predicted molar refractivity (Wildman–Crippen MR) is 50.3 cm³/mol. The molecule has 4 nitrogen and oxygen atoms in total. The predicted octanol–water partition coefficient (Wildman–Crippen LogP) is 1.99. The minimum absolute atomic E-state index is 0.247. The van der Waals surface area contributed by atoms with Crippen molar-refractivity contribution in [2.45, 2.75) is 6.43 Å². The number of carbonyl (C=O) groups excluding carboxylic acids is 1. The van der Waals surface area contributed by atoms with Gasteiger partial charge in [0.15, 0.2) is 11.4 Å². The number of nitrogens with two attached hydrogens (primary N) is 1. The van der Waals surface area contributed by atoms with Crippen molar-refractivity contribution < 1.29 is 18.3 Å². The molecule has 0 saturated heterocycles. The Labute approximate surface area is 89.0 Å². The molecule has 0 aromatic carbocycles. The fourth-order valence-corrected chi connectivity index (χ4v) is 1.23. The largest absolute Gasteiger partial charge is 0.494 e. The van der Waals surface area contributed by atoms with E-state index in [2.05, 4.69) is 9.72 Å². The first-order valence-corrected chi connectivity index (χ1v) is 4.17. The minimum Gasteiger partial charge on any atom is -0.494 e. The first-order valence-electron chi connectivity index (χ1n) is 3.79. The Kier molecular flexibility index (Phi) is 3.41. The number of pyridine rings is 1. The molecule has 1 heterocycles. The van der Waals surface area contributed by atoms with Gasteiger partial charge in [0.1, 0.15) is 0 Å². The van der Waals surface area contributed by atoms with E-state index >= 15 is 0 Å². The zero-order valence-electron chi connectivity index (χ0n) is 7.63. The second-order valence-electron chi connectivity index (χ2n) is 2.58. The van der Waals surface area contributed by atoms with Gasteiger partial charge in [0.2, 0.25) is 0 Å². The van der Waals surface area contributed by atoms with Gasteiger partial charge >= 0.3 is 0 Å². The molecule has 0 saturated carbocycles. The fraction of sp³-hybridized carbons (Fsp3) is 0.250. The Bertz CT molecular complexity index is 398. The van der Waals surface area contributed by atoms with E-state index in [9.17, 15) is 13.6 Å². The fourth-order valence-electron chi connectivity index (χ4n) is 1.09. The van der Waals surface area contributed by atoms with E-state index < -0.39 is 17.2 Å². The number of nitrogens with zero attached hydrogens (tertiary/aromatic N) is 1. The Morgan fingerprint density at radius 3 is 2.67 bits per heavy atom. The molecule has 0 aliphatic heterocycles. The Morgan fingerprint density at radius 1 is 1.67 bits per heavy atom. The smallest absolute Gasteiger partial charge is 0.274 e. The number of rotatable bonds is 3. The SMILES string of the molecule is COc1c(C(=O)Cl)ncc(N)c1C(F)F. The summed E-state index contributed by atoms with van der Waals surface area (Å²) >= 11 is 5.15. The van der Waals surface area contributed by atoms with Gasteiger partial charge in [-0.3, -0.25) is 4.79 Å². The third-order valence-electron chi connectivity index (χ3n) is 1.71. The van der Waals surface area contributed by atoms with E-state index in [4.69, 9.17) is 17.3 Å². The molecule has 0 unspecified atom stereocenters. The molecule has 0 spiro atoms. The highest BCUT2D eigenvalue weighted by molar-refractivity contribution is 6.67. The molecule has 82 valence electrons.